The standard InChI is InChI=1S/C16H31NO2S/c1-5-16(3,4)12-6-7-13(17)15(10-12)20(18)14-8-9-19-11(14)2/h11-15H,5-10,17H2,1-4H3. The molecule has 4 heteroatoms. The first kappa shape index (κ1) is 16.4. The Hall–Kier alpha value is 0.0700. The van der Waals surface area contributed by atoms with Gasteiger partial charge in [-0.2, -0.15) is 0 Å². The van der Waals surface area contributed by atoms with Crippen molar-refractivity contribution in [1.82, 2.24) is 0 Å². The molecule has 0 spiro atoms. The van der Waals surface area contributed by atoms with Crippen LogP contribution in [0.3, 0.4) is 0 Å². The molecule has 1 aliphatic heterocycles. The van der Waals surface area contributed by atoms with E-state index >= 15 is 0 Å². The molecule has 20 heavy (non-hydrogen) atoms. The Morgan fingerprint density at radius 2 is 1.95 bits per heavy atom. The minimum absolute atomic E-state index is 0.104. The maximum absolute atomic E-state index is 12.9. The fourth-order valence-electron chi connectivity index (χ4n) is 3.66. The van der Waals surface area contributed by atoms with Crippen LogP contribution < -0.4 is 5.73 Å². The van der Waals surface area contributed by atoms with Crippen molar-refractivity contribution < 1.29 is 8.95 Å². The van der Waals surface area contributed by atoms with E-state index in [0.29, 0.717) is 11.3 Å². The van der Waals surface area contributed by atoms with E-state index in [4.69, 9.17) is 10.5 Å². The Balaban J connectivity index is 2.07. The van der Waals surface area contributed by atoms with Gasteiger partial charge in [0.15, 0.2) is 0 Å². The molecule has 1 saturated heterocycles. The maximum atomic E-state index is 12.9. The second-order valence-corrected chi connectivity index (χ2v) is 9.15. The van der Waals surface area contributed by atoms with Crippen LogP contribution in [0, 0.1) is 11.3 Å². The van der Waals surface area contributed by atoms with Gasteiger partial charge in [0.25, 0.3) is 0 Å². The molecule has 0 amide bonds. The van der Waals surface area contributed by atoms with Gasteiger partial charge in [0.05, 0.1) is 16.6 Å². The second kappa shape index (κ2) is 6.45. The molecular formula is C16H31NO2S. The number of rotatable bonds is 4. The summed E-state index contributed by atoms with van der Waals surface area (Å²) >= 11 is 0. The van der Waals surface area contributed by atoms with Crippen LogP contribution in [0.2, 0.25) is 0 Å². The molecule has 6 unspecified atom stereocenters. The van der Waals surface area contributed by atoms with Crippen molar-refractivity contribution in [1.29, 1.82) is 0 Å². The maximum Gasteiger partial charge on any atom is 0.0691 e. The largest absolute Gasteiger partial charge is 0.377 e. The predicted octanol–water partition coefficient (Wildman–Crippen LogP) is 2.84. The lowest BCUT2D eigenvalue weighted by molar-refractivity contribution is 0.126. The van der Waals surface area contributed by atoms with E-state index in [2.05, 4.69) is 27.7 Å². The highest BCUT2D eigenvalue weighted by molar-refractivity contribution is 7.86. The van der Waals surface area contributed by atoms with Gasteiger partial charge in [-0.1, -0.05) is 27.2 Å². The van der Waals surface area contributed by atoms with Crippen molar-refractivity contribution in [2.24, 2.45) is 17.1 Å². The summed E-state index contributed by atoms with van der Waals surface area (Å²) in [5.41, 5.74) is 6.64. The lowest BCUT2D eigenvalue weighted by atomic mass is 9.69. The molecule has 0 bridgehead atoms. The first-order valence-electron chi connectivity index (χ1n) is 8.13. The molecule has 0 aromatic heterocycles. The van der Waals surface area contributed by atoms with Crippen molar-refractivity contribution >= 4 is 10.8 Å². The predicted molar refractivity (Wildman–Crippen MR) is 85.1 cm³/mol. The van der Waals surface area contributed by atoms with Crippen LogP contribution in [-0.2, 0) is 15.5 Å². The summed E-state index contributed by atoms with van der Waals surface area (Å²) < 4.78 is 18.5. The van der Waals surface area contributed by atoms with Crippen LogP contribution in [0.15, 0.2) is 0 Å². The van der Waals surface area contributed by atoms with E-state index < -0.39 is 10.8 Å². The molecule has 1 saturated carbocycles. The van der Waals surface area contributed by atoms with Crippen molar-refractivity contribution in [3.05, 3.63) is 0 Å². The first-order valence-corrected chi connectivity index (χ1v) is 9.41. The Bertz CT molecular complexity index is 358. The molecular weight excluding hydrogens is 270 g/mol. The zero-order valence-electron chi connectivity index (χ0n) is 13.4. The lowest BCUT2D eigenvalue weighted by Gasteiger charge is -2.42. The van der Waals surface area contributed by atoms with E-state index in [-0.39, 0.29) is 22.6 Å². The van der Waals surface area contributed by atoms with Gasteiger partial charge in [-0.15, -0.1) is 0 Å². The van der Waals surface area contributed by atoms with E-state index in [1.54, 1.807) is 0 Å². The fraction of sp³-hybridized carbons (Fsp3) is 1.00. The highest BCUT2D eigenvalue weighted by Crippen LogP contribution is 2.42. The minimum atomic E-state index is -0.849. The normalized spacial score (nSPS) is 40.8. The zero-order chi connectivity index (χ0) is 14.9. The van der Waals surface area contributed by atoms with Crippen LogP contribution in [0.25, 0.3) is 0 Å². The molecule has 2 N–H and O–H groups in total. The van der Waals surface area contributed by atoms with Gasteiger partial charge >= 0.3 is 0 Å². The highest BCUT2D eigenvalue weighted by atomic mass is 32.2. The van der Waals surface area contributed by atoms with Gasteiger partial charge in [0.2, 0.25) is 0 Å². The summed E-state index contributed by atoms with van der Waals surface area (Å²) in [6, 6.07) is 0.104. The van der Waals surface area contributed by atoms with Crippen molar-refractivity contribution in [3.8, 4) is 0 Å². The summed E-state index contributed by atoms with van der Waals surface area (Å²) in [6.07, 6.45) is 5.47. The minimum Gasteiger partial charge on any atom is -0.377 e. The topological polar surface area (TPSA) is 52.3 Å². The number of hydrogen-bond acceptors (Lipinski definition) is 3. The van der Waals surface area contributed by atoms with E-state index in [1.165, 1.54) is 12.8 Å². The number of hydrogen-bond donors (Lipinski definition) is 1. The molecule has 0 aromatic carbocycles. The summed E-state index contributed by atoms with van der Waals surface area (Å²) in [6.45, 7) is 9.75. The Morgan fingerprint density at radius 3 is 2.50 bits per heavy atom. The molecule has 2 rings (SSSR count). The highest BCUT2D eigenvalue weighted by Gasteiger charge is 2.42. The summed E-state index contributed by atoms with van der Waals surface area (Å²) in [5, 5.41) is 0.350. The van der Waals surface area contributed by atoms with Gasteiger partial charge < -0.3 is 10.5 Å². The Kier molecular flexibility index (Phi) is 5.30. The molecule has 2 aliphatic rings. The first-order chi connectivity index (χ1) is 9.36. The van der Waals surface area contributed by atoms with E-state index in [0.717, 1.165) is 25.9 Å². The van der Waals surface area contributed by atoms with Gasteiger partial charge in [-0.3, -0.25) is 4.21 Å². The lowest BCUT2D eigenvalue weighted by Crippen LogP contribution is -2.48. The molecule has 1 heterocycles. The van der Waals surface area contributed by atoms with Crippen LogP contribution in [0.4, 0.5) is 0 Å². The van der Waals surface area contributed by atoms with Crippen LogP contribution in [0.5, 0.6) is 0 Å². The summed E-state index contributed by atoms with van der Waals surface area (Å²) in [5.74, 6) is 0.652. The smallest absolute Gasteiger partial charge is 0.0691 e. The third-order valence-corrected chi connectivity index (χ3v) is 8.12. The van der Waals surface area contributed by atoms with Crippen LogP contribution >= 0.6 is 0 Å². The van der Waals surface area contributed by atoms with Crippen LogP contribution in [-0.4, -0.2) is 33.5 Å². The summed E-state index contributed by atoms with van der Waals surface area (Å²) in [4.78, 5) is 0. The molecule has 6 atom stereocenters. The van der Waals surface area contributed by atoms with E-state index in [9.17, 15) is 4.21 Å². The molecule has 0 aromatic rings. The fourth-order valence-corrected chi connectivity index (χ4v) is 5.80. The second-order valence-electron chi connectivity index (χ2n) is 7.29. The molecule has 2 fully saturated rings. The third-order valence-electron chi connectivity index (χ3n) is 5.76. The zero-order valence-corrected chi connectivity index (χ0v) is 14.2. The number of ether oxygens (including phenoxy) is 1. The van der Waals surface area contributed by atoms with Gasteiger partial charge in [0.1, 0.15) is 0 Å². The Labute approximate surface area is 126 Å². The van der Waals surface area contributed by atoms with Crippen molar-refractivity contribution in [2.45, 2.75) is 82.4 Å². The van der Waals surface area contributed by atoms with Crippen molar-refractivity contribution in [2.75, 3.05) is 6.61 Å². The third kappa shape index (κ3) is 3.28. The number of nitrogens with two attached hydrogens (primary N) is 1. The van der Waals surface area contributed by atoms with Gasteiger partial charge in [-0.05, 0) is 43.9 Å². The molecule has 3 nitrogen and oxygen atoms in total. The monoisotopic (exact) mass is 301 g/mol. The average Bonchev–Trinajstić information content (AvgIpc) is 2.84. The molecule has 0 radical (unpaired) electrons. The average molecular weight is 301 g/mol. The molecule has 118 valence electrons. The SMILES string of the molecule is CCC(C)(C)C1CCC(N)C(S(=O)C2CCOC2C)C1. The van der Waals surface area contributed by atoms with Crippen molar-refractivity contribution in [3.63, 3.8) is 0 Å². The van der Waals surface area contributed by atoms with Crippen LogP contribution in [0.1, 0.15) is 59.8 Å². The summed E-state index contributed by atoms with van der Waals surface area (Å²) in [7, 11) is -0.849. The van der Waals surface area contributed by atoms with Gasteiger partial charge in [0, 0.05) is 23.4 Å². The Morgan fingerprint density at radius 1 is 1.25 bits per heavy atom. The van der Waals surface area contributed by atoms with Gasteiger partial charge in [-0.25, -0.2) is 0 Å². The molecule has 1 aliphatic carbocycles. The van der Waals surface area contributed by atoms with E-state index in [1.807, 2.05) is 0 Å². The quantitative estimate of drug-likeness (QED) is 0.868.